The van der Waals surface area contributed by atoms with E-state index < -0.39 is 0 Å². The molecule has 154 valence electrons. The van der Waals surface area contributed by atoms with Crippen LogP contribution in [0.1, 0.15) is 37.7 Å². The Hall–Kier alpha value is -3.08. The Labute approximate surface area is 176 Å². The zero-order chi connectivity index (χ0) is 20.5. The fourth-order valence-electron chi connectivity index (χ4n) is 4.72. The summed E-state index contributed by atoms with van der Waals surface area (Å²) in [6, 6.07) is 12.6. The van der Waals surface area contributed by atoms with E-state index >= 15 is 0 Å². The Balaban J connectivity index is 1.43. The van der Waals surface area contributed by atoms with Crippen molar-refractivity contribution in [3.8, 4) is 11.3 Å². The maximum Gasteiger partial charge on any atom is 0.239 e. The number of amides is 1. The van der Waals surface area contributed by atoms with Crippen LogP contribution in [0.4, 0.5) is 0 Å². The van der Waals surface area contributed by atoms with E-state index in [-0.39, 0.29) is 5.91 Å². The third kappa shape index (κ3) is 3.72. The molecule has 1 aliphatic rings. The van der Waals surface area contributed by atoms with Gasteiger partial charge in [-0.3, -0.25) is 4.79 Å². The fraction of sp³-hybridized carbons (Fsp3) is 0.360. The maximum atomic E-state index is 12.7. The van der Waals surface area contributed by atoms with Crippen LogP contribution in [-0.2, 0) is 11.3 Å². The van der Waals surface area contributed by atoms with Crippen LogP contribution >= 0.6 is 0 Å². The zero-order valence-corrected chi connectivity index (χ0v) is 17.4. The predicted molar refractivity (Wildman–Crippen MR) is 121 cm³/mol. The number of H-pyrrole nitrogens is 1. The summed E-state index contributed by atoms with van der Waals surface area (Å²) in [5.41, 5.74) is 5.30. The molecule has 5 nitrogen and oxygen atoms in total. The lowest BCUT2D eigenvalue weighted by atomic mass is 9.89. The highest BCUT2D eigenvalue weighted by atomic mass is 16.1. The molecule has 1 amide bonds. The fourth-order valence-corrected chi connectivity index (χ4v) is 4.72. The first-order chi connectivity index (χ1) is 14.7. The number of fused-ring (bicyclic) bond motifs is 2. The van der Waals surface area contributed by atoms with E-state index in [0.717, 1.165) is 39.7 Å². The van der Waals surface area contributed by atoms with E-state index in [1.54, 1.807) is 6.20 Å². The van der Waals surface area contributed by atoms with Gasteiger partial charge in [-0.2, -0.15) is 0 Å². The van der Waals surface area contributed by atoms with Gasteiger partial charge in [0.2, 0.25) is 5.91 Å². The molecule has 0 radical (unpaired) electrons. The minimum absolute atomic E-state index is 0.0860. The number of aryl methyl sites for hydroxylation is 1. The molecule has 5 heteroatoms. The first-order valence-corrected chi connectivity index (χ1v) is 11.0. The van der Waals surface area contributed by atoms with Gasteiger partial charge in [0.1, 0.15) is 12.2 Å². The summed E-state index contributed by atoms with van der Waals surface area (Å²) in [5.74, 6) is 0.726. The van der Waals surface area contributed by atoms with Crippen LogP contribution in [0.15, 0.2) is 48.8 Å². The molecule has 0 saturated heterocycles. The number of carbonyl (C=O) groups excluding carboxylic acids is 1. The first-order valence-electron chi connectivity index (χ1n) is 11.0. The third-order valence-corrected chi connectivity index (χ3v) is 6.35. The van der Waals surface area contributed by atoms with Crippen LogP contribution in [0.2, 0.25) is 0 Å². The number of aromatic amines is 1. The summed E-state index contributed by atoms with van der Waals surface area (Å²) in [5, 5.41) is 5.41. The van der Waals surface area contributed by atoms with Crippen molar-refractivity contribution < 1.29 is 4.79 Å². The van der Waals surface area contributed by atoms with Crippen molar-refractivity contribution in [3.05, 3.63) is 54.4 Å². The Morgan fingerprint density at radius 1 is 1.20 bits per heavy atom. The van der Waals surface area contributed by atoms with Crippen molar-refractivity contribution in [2.75, 3.05) is 6.54 Å². The average molecular weight is 401 g/mol. The molecular weight excluding hydrogens is 372 g/mol. The van der Waals surface area contributed by atoms with Gasteiger partial charge in [-0.1, -0.05) is 30.9 Å². The van der Waals surface area contributed by atoms with Gasteiger partial charge < -0.3 is 14.9 Å². The molecule has 0 unspecified atom stereocenters. The van der Waals surface area contributed by atoms with Gasteiger partial charge in [0.15, 0.2) is 0 Å². The second-order valence-corrected chi connectivity index (χ2v) is 8.62. The molecule has 0 spiro atoms. The largest absolute Gasteiger partial charge is 0.354 e. The molecule has 30 heavy (non-hydrogen) atoms. The van der Waals surface area contributed by atoms with Crippen LogP contribution in [0.3, 0.4) is 0 Å². The number of benzene rings is 1. The lowest BCUT2D eigenvalue weighted by molar-refractivity contribution is -0.121. The zero-order valence-electron chi connectivity index (χ0n) is 17.4. The third-order valence-electron chi connectivity index (χ3n) is 6.35. The minimum Gasteiger partial charge on any atom is -0.354 e. The lowest BCUT2D eigenvalue weighted by Gasteiger charge is -2.21. The quantitative estimate of drug-likeness (QED) is 0.484. The molecule has 0 atom stereocenters. The number of aromatic nitrogens is 3. The molecule has 5 rings (SSSR count). The number of rotatable bonds is 5. The number of hydrogen-bond acceptors (Lipinski definition) is 2. The van der Waals surface area contributed by atoms with Gasteiger partial charge in [0, 0.05) is 46.5 Å². The second-order valence-electron chi connectivity index (χ2n) is 8.62. The Morgan fingerprint density at radius 3 is 2.90 bits per heavy atom. The second kappa shape index (κ2) is 7.98. The van der Waals surface area contributed by atoms with Crippen molar-refractivity contribution in [3.63, 3.8) is 0 Å². The van der Waals surface area contributed by atoms with E-state index in [0.29, 0.717) is 12.5 Å². The molecule has 1 aliphatic carbocycles. The van der Waals surface area contributed by atoms with Gasteiger partial charge in [-0.15, -0.1) is 0 Å². The highest BCUT2D eigenvalue weighted by Crippen LogP contribution is 2.32. The summed E-state index contributed by atoms with van der Waals surface area (Å²) in [6.45, 7) is 3.24. The normalized spacial score (nSPS) is 15.1. The maximum absolute atomic E-state index is 12.7. The van der Waals surface area contributed by atoms with Crippen LogP contribution in [-0.4, -0.2) is 27.0 Å². The average Bonchev–Trinajstić information content (AvgIpc) is 3.34. The van der Waals surface area contributed by atoms with E-state index in [1.807, 2.05) is 6.07 Å². The predicted octanol–water partition coefficient (Wildman–Crippen LogP) is 5.19. The SMILES string of the molecule is Cc1ccc2c(c1)c(-c1cc3cccnc3[nH]1)cn2CC(=O)NCC1CCCCC1. The van der Waals surface area contributed by atoms with E-state index in [9.17, 15) is 4.79 Å². The van der Waals surface area contributed by atoms with Crippen molar-refractivity contribution >= 4 is 27.8 Å². The van der Waals surface area contributed by atoms with Crippen LogP contribution in [0, 0.1) is 12.8 Å². The van der Waals surface area contributed by atoms with Crippen LogP contribution < -0.4 is 5.32 Å². The minimum atomic E-state index is 0.0860. The van der Waals surface area contributed by atoms with Crippen molar-refractivity contribution in [2.45, 2.75) is 45.6 Å². The molecule has 3 heterocycles. The van der Waals surface area contributed by atoms with E-state index in [4.69, 9.17) is 0 Å². The lowest BCUT2D eigenvalue weighted by Crippen LogP contribution is -2.32. The van der Waals surface area contributed by atoms with Gasteiger partial charge in [0.05, 0.1) is 0 Å². The standard InChI is InChI=1S/C25H28N4O/c1-17-9-10-23-20(12-17)21(22-13-19-8-5-11-26-25(19)28-22)15-29(23)16-24(30)27-14-18-6-3-2-4-7-18/h5,8-13,15,18H,2-4,6-7,14,16H2,1H3,(H,26,28)(H,27,30). The van der Waals surface area contributed by atoms with Gasteiger partial charge in [-0.05, 0) is 56.0 Å². The monoisotopic (exact) mass is 400 g/mol. The van der Waals surface area contributed by atoms with Gasteiger partial charge in [0.25, 0.3) is 0 Å². The summed E-state index contributed by atoms with van der Waals surface area (Å²) in [7, 11) is 0. The molecule has 0 bridgehead atoms. The van der Waals surface area contributed by atoms with Gasteiger partial charge >= 0.3 is 0 Å². The molecule has 4 aromatic rings. The molecule has 3 aromatic heterocycles. The summed E-state index contributed by atoms with van der Waals surface area (Å²) in [6.07, 6.45) is 10.3. The molecule has 1 aromatic carbocycles. The van der Waals surface area contributed by atoms with Crippen LogP contribution in [0.5, 0.6) is 0 Å². The summed E-state index contributed by atoms with van der Waals surface area (Å²) in [4.78, 5) is 20.6. The number of carbonyl (C=O) groups is 1. The Bertz CT molecular complexity index is 1160. The van der Waals surface area contributed by atoms with Crippen molar-refractivity contribution in [1.82, 2.24) is 19.9 Å². The van der Waals surface area contributed by atoms with E-state index in [1.165, 1.54) is 37.7 Å². The molecule has 1 saturated carbocycles. The number of nitrogens with zero attached hydrogens (tertiary/aromatic N) is 2. The van der Waals surface area contributed by atoms with Crippen LogP contribution in [0.25, 0.3) is 33.2 Å². The number of hydrogen-bond donors (Lipinski definition) is 2. The van der Waals surface area contributed by atoms with Crippen molar-refractivity contribution in [2.24, 2.45) is 5.92 Å². The van der Waals surface area contributed by atoms with Gasteiger partial charge in [-0.25, -0.2) is 4.98 Å². The smallest absolute Gasteiger partial charge is 0.239 e. The summed E-state index contributed by atoms with van der Waals surface area (Å²) < 4.78 is 2.07. The first kappa shape index (κ1) is 18.9. The molecule has 0 aliphatic heterocycles. The molecule has 1 fully saturated rings. The topological polar surface area (TPSA) is 62.7 Å². The van der Waals surface area contributed by atoms with E-state index in [2.05, 4.69) is 63.3 Å². The highest BCUT2D eigenvalue weighted by molar-refractivity contribution is 5.98. The molecular formula is C25H28N4O. The van der Waals surface area contributed by atoms with Crippen molar-refractivity contribution in [1.29, 1.82) is 0 Å². The highest BCUT2D eigenvalue weighted by Gasteiger charge is 2.17. The Morgan fingerprint density at radius 2 is 2.07 bits per heavy atom. The number of nitrogens with one attached hydrogen (secondary N) is 2. The molecule has 2 N–H and O–H groups in total. The Kier molecular flexibility index (Phi) is 5.03. The number of pyridine rings is 1. The summed E-state index contributed by atoms with van der Waals surface area (Å²) >= 11 is 0.